The van der Waals surface area contributed by atoms with Gasteiger partial charge in [0.15, 0.2) is 0 Å². The highest BCUT2D eigenvalue weighted by molar-refractivity contribution is 7.99. The summed E-state index contributed by atoms with van der Waals surface area (Å²) in [6.45, 7) is 0. The van der Waals surface area contributed by atoms with E-state index in [2.05, 4.69) is 0 Å². The SMILES string of the molecule is NC1(CC2(F)CCSCC2)CC1. The van der Waals surface area contributed by atoms with E-state index in [4.69, 9.17) is 5.73 Å². The van der Waals surface area contributed by atoms with Crippen LogP contribution in [0.1, 0.15) is 32.1 Å². The fourth-order valence-electron chi connectivity index (χ4n) is 1.88. The molecule has 0 spiro atoms. The molecule has 0 unspecified atom stereocenters. The van der Waals surface area contributed by atoms with Crippen molar-refractivity contribution >= 4 is 11.8 Å². The predicted molar refractivity (Wildman–Crippen MR) is 51.2 cm³/mol. The Kier molecular flexibility index (Phi) is 2.11. The number of alkyl halides is 1. The van der Waals surface area contributed by atoms with Crippen LogP contribution in [-0.2, 0) is 0 Å². The van der Waals surface area contributed by atoms with Crippen LogP contribution >= 0.6 is 11.8 Å². The van der Waals surface area contributed by atoms with Gasteiger partial charge in [0.1, 0.15) is 5.67 Å². The Bertz CT molecular complexity index is 173. The minimum absolute atomic E-state index is 0.114. The van der Waals surface area contributed by atoms with Crippen molar-refractivity contribution in [1.29, 1.82) is 0 Å². The van der Waals surface area contributed by atoms with Crippen molar-refractivity contribution in [1.82, 2.24) is 0 Å². The molecular weight excluding hydrogens is 173 g/mol. The Hall–Kier alpha value is 0.240. The first-order valence-corrected chi connectivity index (χ1v) is 5.83. The van der Waals surface area contributed by atoms with Gasteiger partial charge in [0.05, 0.1) is 0 Å². The highest BCUT2D eigenvalue weighted by atomic mass is 32.2. The van der Waals surface area contributed by atoms with Crippen molar-refractivity contribution in [3.05, 3.63) is 0 Å². The van der Waals surface area contributed by atoms with E-state index in [0.29, 0.717) is 6.42 Å². The second kappa shape index (κ2) is 2.88. The largest absolute Gasteiger partial charge is 0.325 e. The first-order valence-electron chi connectivity index (χ1n) is 4.68. The molecule has 2 rings (SSSR count). The molecule has 0 aromatic heterocycles. The van der Waals surface area contributed by atoms with E-state index in [1.807, 2.05) is 11.8 Å². The molecule has 1 aliphatic heterocycles. The molecule has 0 radical (unpaired) electrons. The zero-order valence-corrected chi connectivity index (χ0v) is 8.13. The lowest BCUT2D eigenvalue weighted by Gasteiger charge is -2.31. The summed E-state index contributed by atoms with van der Waals surface area (Å²) >= 11 is 1.86. The molecule has 3 heteroatoms. The summed E-state index contributed by atoms with van der Waals surface area (Å²) in [5.74, 6) is 1.96. The molecule has 0 aromatic rings. The van der Waals surface area contributed by atoms with Crippen LogP contribution < -0.4 is 5.73 Å². The molecule has 1 saturated carbocycles. The van der Waals surface area contributed by atoms with Gasteiger partial charge >= 0.3 is 0 Å². The van der Waals surface area contributed by atoms with Crippen LogP contribution in [0.2, 0.25) is 0 Å². The number of hydrogen-bond acceptors (Lipinski definition) is 2. The van der Waals surface area contributed by atoms with E-state index >= 15 is 0 Å². The number of hydrogen-bond donors (Lipinski definition) is 1. The van der Waals surface area contributed by atoms with Crippen molar-refractivity contribution in [3.63, 3.8) is 0 Å². The molecule has 0 aromatic carbocycles. The van der Waals surface area contributed by atoms with E-state index in [1.54, 1.807) is 0 Å². The predicted octanol–water partition coefficient (Wildman–Crippen LogP) is 2.10. The first-order chi connectivity index (χ1) is 5.62. The van der Waals surface area contributed by atoms with Gasteiger partial charge in [-0.1, -0.05) is 0 Å². The molecule has 2 fully saturated rings. The zero-order valence-electron chi connectivity index (χ0n) is 7.31. The van der Waals surface area contributed by atoms with E-state index < -0.39 is 5.67 Å². The maximum Gasteiger partial charge on any atom is 0.114 e. The van der Waals surface area contributed by atoms with Crippen molar-refractivity contribution in [2.24, 2.45) is 5.73 Å². The van der Waals surface area contributed by atoms with Gasteiger partial charge in [0, 0.05) is 5.54 Å². The fraction of sp³-hybridized carbons (Fsp3) is 1.00. The van der Waals surface area contributed by atoms with Crippen LogP contribution in [0, 0.1) is 0 Å². The lowest BCUT2D eigenvalue weighted by Crippen LogP contribution is -2.37. The van der Waals surface area contributed by atoms with Gasteiger partial charge in [-0.05, 0) is 43.6 Å². The fourth-order valence-corrected chi connectivity index (χ4v) is 3.11. The average Bonchev–Trinajstić information content (AvgIpc) is 2.67. The third-order valence-electron chi connectivity index (χ3n) is 2.95. The van der Waals surface area contributed by atoms with E-state index in [0.717, 1.165) is 37.2 Å². The summed E-state index contributed by atoms with van der Waals surface area (Å²) in [5, 5.41) is 0. The second-order valence-corrected chi connectivity index (χ2v) is 5.53. The quantitative estimate of drug-likeness (QED) is 0.720. The lowest BCUT2D eigenvalue weighted by atomic mass is 9.90. The molecule has 0 bridgehead atoms. The molecule has 1 heterocycles. The first kappa shape index (κ1) is 8.82. The van der Waals surface area contributed by atoms with Crippen LogP contribution in [0.15, 0.2) is 0 Å². The molecule has 70 valence electrons. The van der Waals surface area contributed by atoms with Gasteiger partial charge in [-0.15, -0.1) is 0 Å². The molecule has 1 saturated heterocycles. The summed E-state index contributed by atoms with van der Waals surface area (Å²) in [6.07, 6.45) is 4.12. The van der Waals surface area contributed by atoms with Crippen molar-refractivity contribution in [2.45, 2.75) is 43.3 Å². The van der Waals surface area contributed by atoms with Crippen molar-refractivity contribution < 1.29 is 4.39 Å². The third-order valence-corrected chi connectivity index (χ3v) is 3.94. The van der Waals surface area contributed by atoms with Gasteiger partial charge in [-0.3, -0.25) is 0 Å². The third kappa shape index (κ3) is 1.94. The van der Waals surface area contributed by atoms with Gasteiger partial charge in [-0.2, -0.15) is 11.8 Å². The molecule has 12 heavy (non-hydrogen) atoms. The highest BCUT2D eigenvalue weighted by Gasteiger charge is 2.46. The molecular formula is C9H16FNS. The standard InChI is InChI=1S/C9H16FNS/c10-8(3-5-12-6-4-8)7-9(11)1-2-9/h1-7,11H2. The van der Waals surface area contributed by atoms with Crippen LogP contribution in [-0.4, -0.2) is 22.7 Å². The van der Waals surface area contributed by atoms with Gasteiger partial charge in [-0.25, -0.2) is 4.39 Å². The summed E-state index contributed by atoms with van der Waals surface area (Å²) in [6, 6.07) is 0. The Balaban J connectivity index is 1.90. The van der Waals surface area contributed by atoms with E-state index in [-0.39, 0.29) is 5.54 Å². The average molecular weight is 189 g/mol. The zero-order chi connectivity index (χ0) is 8.66. The van der Waals surface area contributed by atoms with Crippen LogP contribution in [0.4, 0.5) is 4.39 Å². The summed E-state index contributed by atoms with van der Waals surface area (Å²) in [4.78, 5) is 0. The van der Waals surface area contributed by atoms with Crippen molar-refractivity contribution in [2.75, 3.05) is 11.5 Å². The topological polar surface area (TPSA) is 26.0 Å². The Morgan fingerprint density at radius 2 is 1.75 bits per heavy atom. The van der Waals surface area contributed by atoms with E-state index in [9.17, 15) is 4.39 Å². The summed E-state index contributed by atoms with van der Waals surface area (Å²) in [7, 11) is 0. The number of nitrogens with two attached hydrogens (primary N) is 1. The Morgan fingerprint density at radius 3 is 2.25 bits per heavy atom. The minimum atomic E-state index is -0.920. The van der Waals surface area contributed by atoms with Gasteiger partial charge < -0.3 is 5.73 Å². The molecule has 0 amide bonds. The number of thioether (sulfide) groups is 1. The van der Waals surface area contributed by atoms with Crippen LogP contribution in [0.5, 0.6) is 0 Å². The number of rotatable bonds is 2. The second-order valence-electron chi connectivity index (χ2n) is 4.30. The maximum atomic E-state index is 14.0. The molecule has 1 aliphatic carbocycles. The molecule has 2 N–H and O–H groups in total. The summed E-state index contributed by atoms with van der Waals surface area (Å²) < 4.78 is 14.0. The Labute approximate surface area is 77.3 Å². The molecule has 2 aliphatic rings. The normalized spacial score (nSPS) is 31.5. The van der Waals surface area contributed by atoms with Crippen molar-refractivity contribution in [3.8, 4) is 0 Å². The Morgan fingerprint density at radius 1 is 1.17 bits per heavy atom. The van der Waals surface area contributed by atoms with Crippen LogP contribution in [0.3, 0.4) is 0 Å². The minimum Gasteiger partial charge on any atom is -0.325 e. The summed E-state index contributed by atoms with van der Waals surface area (Å²) in [5.41, 5.74) is 4.88. The lowest BCUT2D eigenvalue weighted by molar-refractivity contribution is 0.123. The molecule has 1 nitrogen and oxygen atoms in total. The molecule has 0 atom stereocenters. The number of halogens is 1. The van der Waals surface area contributed by atoms with E-state index in [1.165, 1.54) is 0 Å². The smallest absolute Gasteiger partial charge is 0.114 e. The van der Waals surface area contributed by atoms with Gasteiger partial charge in [0.25, 0.3) is 0 Å². The van der Waals surface area contributed by atoms with Crippen LogP contribution in [0.25, 0.3) is 0 Å². The maximum absolute atomic E-state index is 14.0. The highest BCUT2D eigenvalue weighted by Crippen LogP contribution is 2.45. The monoisotopic (exact) mass is 189 g/mol. The van der Waals surface area contributed by atoms with Gasteiger partial charge in [0.2, 0.25) is 0 Å².